The number of rotatable bonds is 7. The second-order valence-corrected chi connectivity index (χ2v) is 10.1. The first-order valence-electron chi connectivity index (χ1n) is 12.6. The summed E-state index contributed by atoms with van der Waals surface area (Å²) in [4.78, 5) is 44.4. The normalized spacial score (nSPS) is 11.8. The molecule has 1 atom stereocenters. The number of aryl methyl sites for hydroxylation is 1. The number of benzene rings is 3. The second kappa shape index (κ2) is 11.0. The number of carbonyl (C=O) groups excluding carboxylic acids is 2. The third-order valence-corrected chi connectivity index (χ3v) is 7.31. The first kappa shape index (κ1) is 26.1. The van der Waals surface area contributed by atoms with Crippen LogP contribution in [-0.2, 0) is 16.6 Å². The molecule has 0 aliphatic rings. The molecule has 5 rings (SSSR count). The molecule has 1 unspecified atom stereocenters. The Labute approximate surface area is 229 Å². The minimum Gasteiger partial charge on any atom is -0.448 e. The molecular weight excluding hydrogens is 510 g/mol. The van der Waals surface area contributed by atoms with Gasteiger partial charge in [0.05, 0.1) is 5.69 Å². The van der Waals surface area contributed by atoms with E-state index >= 15 is 0 Å². The predicted octanol–water partition coefficient (Wildman–Crippen LogP) is 6.21. The van der Waals surface area contributed by atoms with Gasteiger partial charge in [-0.2, -0.15) is 0 Å². The average Bonchev–Trinajstić information content (AvgIpc) is 3.42. The van der Waals surface area contributed by atoms with Gasteiger partial charge >= 0.3 is 5.97 Å². The van der Waals surface area contributed by atoms with Crippen molar-refractivity contribution in [2.45, 2.75) is 26.4 Å². The van der Waals surface area contributed by atoms with Gasteiger partial charge in [0.2, 0.25) is 0 Å². The van der Waals surface area contributed by atoms with Crippen molar-refractivity contribution >= 4 is 39.1 Å². The number of carbonyl (C=O) groups is 2. The predicted molar refractivity (Wildman–Crippen MR) is 155 cm³/mol. The standard InChI is InChI=1S/C31H27N3O4S/c1-4-25(28(35)33-31-32-24(18-39-31)20-16-14-19(2)15-17-20)38-30(37)27-26(21-10-6-5-7-11-21)22-12-8-9-13-23(22)29(36)34(27)3/h5-18,25H,4H2,1-3H3,(H,32,33,35). The maximum Gasteiger partial charge on any atom is 0.356 e. The molecule has 39 heavy (non-hydrogen) atoms. The number of nitrogens with zero attached hydrogens (tertiary/aromatic N) is 2. The van der Waals surface area contributed by atoms with Crippen LogP contribution in [-0.4, -0.2) is 27.5 Å². The fraction of sp³-hybridized carbons (Fsp3) is 0.161. The lowest BCUT2D eigenvalue weighted by Crippen LogP contribution is -2.34. The van der Waals surface area contributed by atoms with Crippen LogP contribution in [0.15, 0.2) is 89.0 Å². The number of hydrogen-bond acceptors (Lipinski definition) is 6. The summed E-state index contributed by atoms with van der Waals surface area (Å²) in [5.74, 6) is -1.23. The summed E-state index contributed by atoms with van der Waals surface area (Å²) >= 11 is 1.30. The van der Waals surface area contributed by atoms with E-state index in [2.05, 4.69) is 10.3 Å². The van der Waals surface area contributed by atoms with Crippen LogP contribution in [0.1, 0.15) is 29.4 Å². The van der Waals surface area contributed by atoms with Crippen LogP contribution >= 0.6 is 11.3 Å². The molecule has 2 heterocycles. The Morgan fingerprint density at radius 1 is 0.949 bits per heavy atom. The Hall–Kier alpha value is -4.56. The van der Waals surface area contributed by atoms with E-state index in [1.165, 1.54) is 15.9 Å². The zero-order chi connectivity index (χ0) is 27.5. The van der Waals surface area contributed by atoms with Crippen molar-refractivity contribution in [3.8, 4) is 22.4 Å². The number of esters is 1. The maximum absolute atomic E-state index is 13.6. The summed E-state index contributed by atoms with van der Waals surface area (Å²) in [6, 6.07) is 24.5. The minimum absolute atomic E-state index is 0.0899. The van der Waals surface area contributed by atoms with E-state index in [4.69, 9.17) is 4.74 Å². The van der Waals surface area contributed by atoms with Gasteiger partial charge in [-0.05, 0) is 30.4 Å². The van der Waals surface area contributed by atoms with Gasteiger partial charge in [0.1, 0.15) is 5.69 Å². The molecule has 0 spiro atoms. The van der Waals surface area contributed by atoms with Crippen LogP contribution in [0.4, 0.5) is 5.13 Å². The van der Waals surface area contributed by atoms with Crippen molar-refractivity contribution in [3.05, 3.63) is 106 Å². The van der Waals surface area contributed by atoms with E-state index in [1.54, 1.807) is 26.1 Å². The van der Waals surface area contributed by atoms with E-state index < -0.39 is 18.0 Å². The molecule has 3 aromatic carbocycles. The monoisotopic (exact) mass is 537 g/mol. The first-order valence-corrected chi connectivity index (χ1v) is 13.5. The molecule has 1 amide bonds. The van der Waals surface area contributed by atoms with Gasteiger partial charge in [-0.15, -0.1) is 11.3 Å². The number of anilines is 1. The van der Waals surface area contributed by atoms with Gasteiger partial charge in [-0.3, -0.25) is 14.9 Å². The van der Waals surface area contributed by atoms with E-state index in [0.717, 1.165) is 22.4 Å². The SMILES string of the molecule is CCC(OC(=O)c1c(-c2ccccc2)c2ccccc2c(=O)n1C)C(=O)Nc1nc(-c2ccc(C)cc2)cs1. The van der Waals surface area contributed by atoms with Crippen molar-refractivity contribution in [1.82, 2.24) is 9.55 Å². The maximum atomic E-state index is 13.6. The smallest absolute Gasteiger partial charge is 0.356 e. The summed E-state index contributed by atoms with van der Waals surface area (Å²) < 4.78 is 7.04. The summed E-state index contributed by atoms with van der Waals surface area (Å²) in [5, 5.41) is 6.19. The number of ether oxygens (including phenoxy) is 1. The summed E-state index contributed by atoms with van der Waals surface area (Å²) in [6.07, 6.45) is -0.829. The Morgan fingerprint density at radius 3 is 2.31 bits per heavy atom. The highest BCUT2D eigenvalue weighted by Crippen LogP contribution is 2.31. The average molecular weight is 538 g/mol. The van der Waals surface area contributed by atoms with Gasteiger partial charge in [0, 0.05) is 28.9 Å². The van der Waals surface area contributed by atoms with Crippen LogP contribution < -0.4 is 10.9 Å². The van der Waals surface area contributed by atoms with Gasteiger partial charge < -0.3 is 9.30 Å². The van der Waals surface area contributed by atoms with Crippen molar-refractivity contribution in [2.75, 3.05) is 5.32 Å². The zero-order valence-corrected chi connectivity index (χ0v) is 22.6. The van der Waals surface area contributed by atoms with Crippen LogP contribution in [0.25, 0.3) is 33.2 Å². The van der Waals surface area contributed by atoms with Crippen molar-refractivity contribution < 1.29 is 14.3 Å². The Balaban J connectivity index is 1.44. The highest BCUT2D eigenvalue weighted by atomic mass is 32.1. The lowest BCUT2D eigenvalue weighted by Gasteiger charge is -2.20. The molecule has 0 saturated carbocycles. The Morgan fingerprint density at radius 2 is 1.62 bits per heavy atom. The molecule has 1 N–H and O–H groups in total. The number of thiazole rings is 1. The van der Waals surface area contributed by atoms with E-state index in [9.17, 15) is 14.4 Å². The summed E-state index contributed by atoms with van der Waals surface area (Å²) in [7, 11) is 1.54. The van der Waals surface area contributed by atoms with E-state index in [-0.39, 0.29) is 17.7 Å². The Bertz CT molecular complexity index is 1720. The summed E-state index contributed by atoms with van der Waals surface area (Å²) in [5.41, 5.74) is 3.96. The van der Waals surface area contributed by atoms with Gasteiger partial charge in [0.25, 0.3) is 11.5 Å². The van der Waals surface area contributed by atoms with Crippen LogP contribution in [0.5, 0.6) is 0 Å². The van der Waals surface area contributed by atoms with Gasteiger partial charge in [0.15, 0.2) is 11.2 Å². The molecule has 8 heteroatoms. The number of pyridine rings is 1. The van der Waals surface area contributed by atoms with E-state index in [0.29, 0.717) is 21.5 Å². The fourth-order valence-corrected chi connectivity index (χ4v) is 5.20. The van der Waals surface area contributed by atoms with Crippen LogP contribution in [0.2, 0.25) is 0 Å². The van der Waals surface area contributed by atoms with Crippen LogP contribution in [0.3, 0.4) is 0 Å². The molecule has 2 aromatic heterocycles. The second-order valence-electron chi connectivity index (χ2n) is 9.19. The third kappa shape index (κ3) is 5.24. The van der Waals surface area contributed by atoms with Crippen LogP contribution in [0, 0.1) is 6.92 Å². The molecule has 0 radical (unpaired) electrons. The molecule has 0 aliphatic carbocycles. The van der Waals surface area contributed by atoms with Gasteiger partial charge in [-0.1, -0.05) is 85.3 Å². The van der Waals surface area contributed by atoms with Crippen molar-refractivity contribution in [1.29, 1.82) is 0 Å². The molecule has 0 saturated heterocycles. The molecule has 0 aliphatic heterocycles. The van der Waals surface area contributed by atoms with Gasteiger partial charge in [-0.25, -0.2) is 9.78 Å². The van der Waals surface area contributed by atoms with Crippen molar-refractivity contribution in [2.24, 2.45) is 7.05 Å². The quantitative estimate of drug-likeness (QED) is 0.249. The Kier molecular flexibility index (Phi) is 7.38. The molecule has 0 bridgehead atoms. The summed E-state index contributed by atoms with van der Waals surface area (Å²) in [6.45, 7) is 3.77. The molecule has 7 nitrogen and oxygen atoms in total. The molecule has 0 fully saturated rings. The number of aromatic nitrogens is 2. The highest BCUT2D eigenvalue weighted by molar-refractivity contribution is 7.14. The fourth-order valence-electron chi connectivity index (χ4n) is 4.48. The first-order chi connectivity index (χ1) is 18.9. The lowest BCUT2D eigenvalue weighted by atomic mass is 9.97. The number of amides is 1. The number of fused-ring (bicyclic) bond motifs is 1. The largest absolute Gasteiger partial charge is 0.448 e. The highest BCUT2D eigenvalue weighted by Gasteiger charge is 2.28. The lowest BCUT2D eigenvalue weighted by molar-refractivity contribution is -0.124. The number of nitrogens with one attached hydrogen (secondary N) is 1. The zero-order valence-electron chi connectivity index (χ0n) is 21.8. The molecular formula is C31H27N3O4S. The number of hydrogen-bond donors (Lipinski definition) is 1. The minimum atomic E-state index is -1.07. The third-order valence-electron chi connectivity index (χ3n) is 6.55. The van der Waals surface area contributed by atoms with E-state index in [1.807, 2.05) is 79.0 Å². The van der Waals surface area contributed by atoms with Crippen molar-refractivity contribution in [3.63, 3.8) is 0 Å². The topological polar surface area (TPSA) is 90.3 Å². The molecule has 196 valence electrons. The molecule has 5 aromatic rings.